The fraction of sp³-hybridized carbons (Fsp3) is 0.714. The van der Waals surface area contributed by atoms with Crippen molar-refractivity contribution in [2.24, 2.45) is 11.8 Å². The van der Waals surface area contributed by atoms with E-state index in [2.05, 4.69) is 15.2 Å². The molecule has 116 valence electrons. The van der Waals surface area contributed by atoms with Crippen LogP contribution in [0.2, 0.25) is 0 Å². The summed E-state index contributed by atoms with van der Waals surface area (Å²) in [5, 5.41) is 12.7. The van der Waals surface area contributed by atoms with Crippen LogP contribution < -0.4 is 11.1 Å². The van der Waals surface area contributed by atoms with Gasteiger partial charge in [-0.25, -0.2) is 4.98 Å². The molecule has 0 radical (unpaired) electrons. The summed E-state index contributed by atoms with van der Waals surface area (Å²) in [6, 6.07) is 0.166. The Balaban J connectivity index is 1.67. The topological polar surface area (TPSA) is 91.5 Å². The molecular formula is C14H22N4O2S. The Bertz CT molecular complexity index is 529. The lowest BCUT2D eigenvalue weighted by atomic mass is 9.98. The van der Waals surface area contributed by atoms with Gasteiger partial charge in [-0.3, -0.25) is 9.69 Å². The molecule has 1 aliphatic heterocycles. The SMILES string of the molecule is Cc1nc(N)sc1C(=O)N[C@H]1CN(CCO)C[C@@H]1C1CC1. The van der Waals surface area contributed by atoms with Crippen molar-refractivity contribution in [3.63, 3.8) is 0 Å². The maximum atomic E-state index is 12.4. The minimum atomic E-state index is -0.0665. The van der Waals surface area contributed by atoms with Gasteiger partial charge in [-0.15, -0.1) is 0 Å². The van der Waals surface area contributed by atoms with Gasteiger partial charge in [0.2, 0.25) is 0 Å². The molecule has 0 spiro atoms. The van der Waals surface area contributed by atoms with E-state index in [4.69, 9.17) is 10.8 Å². The molecule has 4 N–H and O–H groups in total. The van der Waals surface area contributed by atoms with Crippen molar-refractivity contribution in [3.8, 4) is 0 Å². The molecule has 21 heavy (non-hydrogen) atoms. The lowest BCUT2D eigenvalue weighted by molar-refractivity contribution is 0.0931. The van der Waals surface area contributed by atoms with Crippen LogP contribution in [0.5, 0.6) is 0 Å². The maximum absolute atomic E-state index is 12.4. The first-order valence-corrected chi connectivity index (χ1v) is 8.27. The number of nitrogens with one attached hydrogen (secondary N) is 1. The molecule has 2 atom stereocenters. The lowest BCUT2D eigenvalue weighted by Gasteiger charge is -2.19. The van der Waals surface area contributed by atoms with Crippen molar-refractivity contribution in [2.75, 3.05) is 32.0 Å². The first-order valence-electron chi connectivity index (χ1n) is 7.45. The van der Waals surface area contributed by atoms with Crippen molar-refractivity contribution >= 4 is 22.4 Å². The highest BCUT2D eigenvalue weighted by atomic mass is 32.1. The van der Waals surface area contributed by atoms with Gasteiger partial charge < -0.3 is 16.2 Å². The van der Waals surface area contributed by atoms with Crippen LogP contribution in [0.3, 0.4) is 0 Å². The van der Waals surface area contributed by atoms with Gasteiger partial charge in [0.05, 0.1) is 12.3 Å². The van der Waals surface area contributed by atoms with Crippen molar-refractivity contribution in [1.82, 2.24) is 15.2 Å². The summed E-state index contributed by atoms with van der Waals surface area (Å²) in [5.41, 5.74) is 6.36. The van der Waals surface area contributed by atoms with Gasteiger partial charge in [0.15, 0.2) is 5.13 Å². The largest absolute Gasteiger partial charge is 0.395 e. The summed E-state index contributed by atoms with van der Waals surface area (Å²) in [5.74, 6) is 1.17. The van der Waals surface area contributed by atoms with Crippen molar-refractivity contribution in [1.29, 1.82) is 0 Å². The van der Waals surface area contributed by atoms with Crippen LogP contribution in [0.25, 0.3) is 0 Å². The monoisotopic (exact) mass is 310 g/mol. The molecule has 0 unspecified atom stereocenters. The number of nitrogens with zero attached hydrogens (tertiary/aromatic N) is 2. The van der Waals surface area contributed by atoms with Gasteiger partial charge in [-0.05, 0) is 31.6 Å². The van der Waals surface area contributed by atoms with Crippen LogP contribution in [-0.2, 0) is 0 Å². The third kappa shape index (κ3) is 3.20. The van der Waals surface area contributed by atoms with E-state index in [1.54, 1.807) is 0 Å². The standard InChI is InChI=1S/C14H22N4O2S/c1-8-12(21-14(15)16-8)13(20)17-11-7-18(4-5-19)6-10(11)9-2-3-9/h9-11,19H,2-7H2,1H3,(H2,15,16)(H,17,20)/t10-,11+/m1/s1. The molecule has 1 saturated carbocycles. The van der Waals surface area contributed by atoms with Crippen molar-refractivity contribution in [3.05, 3.63) is 10.6 Å². The Kier molecular flexibility index (Phi) is 4.14. The van der Waals surface area contributed by atoms with Gasteiger partial charge in [-0.2, -0.15) is 0 Å². The van der Waals surface area contributed by atoms with Gasteiger partial charge in [0, 0.05) is 25.7 Å². The summed E-state index contributed by atoms with van der Waals surface area (Å²) in [6.45, 7) is 4.46. The maximum Gasteiger partial charge on any atom is 0.263 e. The van der Waals surface area contributed by atoms with E-state index >= 15 is 0 Å². The number of aliphatic hydroxyl groups excluding tert-OH is 1. The van der Waals surface area contributed by atoms with Gasteiger partial charge in [0.1, 0.15) is 4.88 Å². The Morgan fingerprint density at radius 1 is 1.52 bits per heavy atom. The quantitative estimate of drug-likeness (QED) is 0.735. The minimum absolute atomic E-state index is 0.0665. The van der Waals surface area contributed by atoms with Crippen LogP contribution in [-0.4, -0.2) is 53.2 Å². The van der Waals surface area contributed by atoms with Crippen molar-refractivity contribution < 1.29 is 9.90 Å². The molecule has 0 aromatic carbocycles. The number of hydrogen-bond donors (Lipinski definition) is 3. The van der Waals surface area contributed by atoms with E-state index in [1.165, 1.54) is 24.2 Å². The number of carbonyl (C=O) groups excluding carboxylic acids is 1. The zero-order chi connectivity index (χ0) is 15.0. The molecule has 1 aliphatic carbocycles. The highest BCUT2D eigenvalue weighted by molar-refractivity contribution is 7.17. The number of carbonyl (C=O) groups is 1. The Hall–Kier alpha value is -1.18. The third-order valence-corrected chi connectivity index (χ3v) is 5.41. The van der Waals surface area contributed by atoms with E-state index in [9.17, 15) is 4.79 Å². The molecule has 0 bridgehead atoms. The number of nitrogen functional groups attached to an aromatic ring is 1. The smallest absolute Gasteiger partial charge is 0.263 e. The summed E-state index contributed by atoms with van der Waals surface area (Å²) in [6.07, 6.45) is 2.52. The molecule has 6 nitrogen and oxygen atoms in total. The molecule has 1 saturated heterocycles. The fourth-order valence-electron chi connectivity index (χ4n) is 3.25. The summed E-state index contributed by atoms with van der Waals surface area (Å²) in [7, 11) is 0. The van der Waals surface area contributed by atoms with Crippen LogP contribution >= 0.6 is 11.3 Å². The molecule has 2 aliphatic rings. The minimum Gasteiger partial charge on any atom is -0.395 e. The van der Waals surface area contributed by atoms with Gasteiger partial charge in [0.25, 0.3) is 5.91 Å². The molecule has 1 aromatic heterocycles. The van der Waals surface area contributed by atoms with Crippen LogP contribution in [0.15, 0.2) is 0 Å². The van der Waals surface area contributed by atoms with E-state index in [1.807, 2.05) is 6.92 Å². The van der Waals surface area contributed by atoms with E-state index in [0.29, 0.717) is 28.2 Å². The summed E-state index contributed by atoms with van der Waals surface area (Å²) < 4.78 is 0. The highest BCUT2D eigenvalue weighted by Gasteiger charge is 2.43. The third-order valence-electron chi connectivity index (χ3n) is 4.42. The van der Waals surface area contributed by atoms with Gasteiger partial charge >= 0.3 is 0 Å². The number of rotatable bonds is 5. The number of likely N-dealkylation sites (tertiary alicyclic amines) is 1. The number of aryl methyl sites for hydroxylation is 1. The van der Waals surface area contributed by atoms with Crippen molar-refractivity contribution in [2.45, 2.75) is 25.8 Å². The Morgan fingerprint density at radius 3 is 2.86 bits per heavy atom. The Labute approximate surface area is 128 Å². The second-order valence-corrected chi connectivity index (χ2v) is 7.06. The van der Waals surface area contributed by atoms with Crippen LogP contribution in [0.1, 0.15) is 28.2 Å². The number of anilines is 1. The van der Waals surface area contributed by atoms with E-state index in [0.717, 1.165) is 19.0 Å². The summed E-state index contributed by atoms with van der Waals surface area (Å²) >= 11 is 1.24. The highest BCUT2D eigenvalue weighted by Crippen LogP contribution is 2.41. The number of β-amino-alcohol motifs (C(OH)–C–C–N with tert-alkyl or cyclic N) is 1. The number of aliphatic hydroxyl groups is 1. The molecule has 1 aromatic rings. The predicted molar refractivity (Wildman–Crippen MR) is 82.3 cm³/mol. The molecule has 1 amide bonds. The number of hydrogen-bond acceptors (Lipinski definition) is 6. The van der Waals surface area contributed by atoms with E-state index < -0.39 is 0 Å². The molecule has 2 heterocycles. The Morgan fingerprint density at radius 2 is 2.29 bits per heavy atom. The molecule has 3 rings (SSSR count). The first-order chi connectivity index (χ1) is 10.1. The number of nitrogens with two attached hydrogens (primary N) is 1. The number of amides is 1. The number of thiazole rings is 1. The zero-order valence-electron chi connectivity index (χ0n) is 12.2. The van der Waals surface area contributed by atoms with Gasteiger partial charge in [-0.1, -0.05) is 11.3 Å². The van der Waals surface area contributed by atoms with E-state index in [-0.39, 0.29) is 18.6 Å². The average molecular weight is 310 g/mol. The van der Waals surface area contributed by atoms with Crippen LogP contribution in [0, 0.1) is 18.8 Å². The normalized spacial score (nSPS) is 26.2. The first kappa shape index (κ1) is 14.7. The molecule has 2 fully saturated rings. The zero-order valence-corrected chi connectivity index (χ0v) is 13.0. The average Bonchev–Trinajstić information content (AvgIpc) is 3.11. The lowest BCUT2D eigenvalue weighted by Crippen LogP contribution is -2.41. The number of aromatic nitrogens is 1. The fourth-order valence-corrected chi connectivity index (χ4v) is 3.99. The predicted octanol–water partition coefficient (Wildman–Crippen LogP) is 0.466. The second kappa shape index (κ2) is 5.90. The molecular weight excluding hydrogens is 288 g/mol. The summed E-state index contributed by atoms with van der Waals surface area (Å²) in [4.78, 5) is 19.4. The molecule has 7 heteroatoms. The van der Waals surface area contributed by atoms with Crippen LogP contribution in [0.4, 0.5) is 5.13 Å². The second-order valence-electron chi connectivity index (χ2n) is 6.03.